The summed E-state index contributed by atoms with van der Waals surface area (Å²) in [6.45, 7) is 3.23. The Morgan fingerprint density at radius 3 is 1.81 bits per heavy atom. The number of rotatable bonds is 19. The Bertz CT molecular complexity index is 1690. The first-order valence-electron chi connectivity index (χ1n) is 16.9. The molecule has 0 atom stereocenters. The quantitative estimate of drug-likeness (QED) is 0.0499. The Kier molecular flexibility index (Phi) is 13.2. The number of unbranched alkanes of at least 4 members (excludes halogenated alkanes) is 9. The van der Waals surface area contributed by atoms with Gasteiger partial charge >= 0.3 is 5.97 Å². The lowest BCUT2D eigenvalue weighted by atomic mass is 10.1. The largest absolute Gasteiger partial charge is 0.493 e. The van der Waals surface area contributed by atoms with Gasteiger partial charge in [0.1, 0.15) is 29.7 Å². The van der Waals surface area contributed by atoms with Gasteiger partial charge in [-0.25, -0.2) is 9.18 Å². The van der Waals surface area contributed by atoms with E-state index in [-0.39, 0.29) is 11.3 Å². The summed E-state index contributed by atoms with van der Waals surface area (Å²) < 4.78 is 37.6. The van der Waals surface area contributed by atoms with Gasteiger partial charge in [-0.3, -0.25) is 0 Å². The highest BCUT2D eigenvalue weighted by atomic mass is 19.1. The summed E-state index contributed by atoms with van der Waals surface area (Å²) in [4.78, 5) is 12.7. The summed E-state index contributed by atoms with van der Waals surface area (Å²) in [5, 5.41) is 8.32. The topological polar surface area (TPSA) is 83.7 Å². The van der Waals surface area contributed by atoms with Crippen LogP contribution < -0.4 is 14.2 Å². The van der Waals surface area contributed by atoms with Gasteiger partial charge in [0.25, 0.3) is 0 Å². The van der Waals surface area contributed by atoms with Crippen LogP contribution in [0.2, 0.25) is 0 Å². The van der Waals surface area contributed by atoms with Crippen molar-refractivity contribution in [1.29, 1.82) is 0 Å². The smallest absolute Gasteiger partial charge is 0.346 e. The summed E-state index contributed by atoms with van der Waals surface area (Å²) in [6.07, 6.45) is 12.4. The maximum Gasteiger partial charge on any atom is 0.346 e. The van der Waals surface area contributed by atoms with Crippen LogP contribution in [0.1, 0.15) is 87.1 Å². The molecule has 5 rings (SSSR count). The molecule has 250 valence electrons. The number of esters is 1. The minimum absolute atomic E-state index is 0.164. The van der Waals surface area contributed by atoms with Gasteiger partial charge < -0.3 is 18.6 Å². The van der Waals surface area contributed by atoms with Crippen molar-refractivity contribution in [3.8, 4) is 40.2 Å². The van der Waals surface area contributed by atoms with Gasteiger partial charge in [0.15, 0.2) is 0 Å². The number of benzene rings is 4. The van der Waals surface area contributed by atoms with Crippen LogP contribution in [0, 0.1) is 5.82 Å². The highest BCUT2D eigenvalue weighted by Crippen LogP contribution is 2.28. The van der Waals surface area contributed by atoms with Crippen molar-refractivity contribution in [3.05, 3.63) is 114 Å². The summed E-state index contributed by atoms with van der Waals surface area (Å²) in [6, 6.07) is 28.2. The summed E-state index contributed by atoms with van der Waals surface area (Å²) in [5.41, 5.74) is 2.32. The van der Waals surface area contributed by atoms with Crippen molar-refractivity contribution >= 4 is 5.97 Å². The standard InChI is InChI=1S/C40H43FN2O5/c1-2-3-4-5-6-7-8-9-10-14-27-45-35-25-26-36(37(41)28-35)40(44)47-34-23-19-32(20-24-34)39-43-42-38(48-39)31-17-21-33(22-18-31)46-29-30-15-12-11-13-16-30/h11-13,15-26,28H,2-10,14,27,29H2,1H3. The zero-order chi connectivity index (χ0) is 33.4. The molecule has 0 saturated carbocycles. The normalized spacial score (nSPS) is 11.0. The molecule has 0 amide bonds. The predicted molar refractivity (Wildman–Crippen MR) is 185 cm³/mol. The molecule has 1 aromatic heterocycles. The van der Waals surface area contributed by atoms with E-state index in [2.05, 4.69) is 17.1 Å². The van der Waals surface area contributed by atoms with Crippen LogP contribution in [0.3, 0.4) is 0 Å². The second-order valence-electron chi connectivity index (χ2n) is 11.8. The van der Waals surface area contributed by atoms with Crippen LogP contribution in [0.4, 0.5) is 4.39 Å². The number of aromatic nitrogens is 2. The van der Waals surface area contributed by atoms with E-state index in [0.717, 1.165) is 29.7 Å². The summed E-state index contributed by atoms with van der Waals surface area (Å²) >= 11 is 0. The van der Waals surface area contributed by atoms with Crippen molar-refractivity contribution < 1.29 is 27.8 Å². The third-order valence-corrected chi connectivity index (χ3v) is 8.01. The Labute approximate surface area is 282 Å². The van der Waals surface area contributed by atoms with Gasteiger partial charge in [0.05, 0.1) is 12.2 Å². The van der Waals surface area contributed by atoms with Gasteiger partial charge in [-0.1, -0.05) is 95.0 Å². The SMILES string of the molecule is CCCCCCCCCCCCOc1ccc(C(=O)Oc2ccc(-c3nnc(-c4ccc(OCc5ccccc5)cc4)o3)cc2)c(F)c1. The molecule has 0 aliphatic carbocycles. The Hall–Kier alpha value is -4.98. The number of carbonyl (C=O) groups is 1. The molecule has 0 unspecified atom stereocenters. The van der Waals surface area contributed by atoms with E-state index >= 15 is 0 Å². The van der Waals surface area contributed by atoms with Crippen LogP contribution >= 0.6 is 0 Å². The van der Waals surface area contributed by atoms with Crippen LogP contribution in [0.25, 0.3) is 22.9 Å². The van der Waals surface area contributed by atoms with E-state index in [1.54, 1.807) is 30.3 Å². The van der Waals surface area contributed by atoms with Crippen molar-refractivity contribution in [2.75, 3.05) is 6.61 Å². The lowest BCUT2D eigenvalue weighted by molar-refractivity contribution is 0.0730. The van der Waals surface area contributed by atoms with Gasteiger partial charge in [-0.2, -0.15) is 0 Å². The summed E-state index contributed by atoms with van der Waals surface area (Å²) in [7, 11) is 0. The molecule has 0 aliphatic rings. The molecule has 5 aromatic rings. The zero-order valence-electron chi connectivity index (χ0n) is 27.5. The van der Waals surface area contributed by atoms with Gasteiger partial charge in [-0.05, 0) is 72.6 Å². The number of halogens is 1. The minimum Gasteiger partial charge on any atom is -0.493 e. The molecule has 0 fully saturated rings. The van der Waals surface area contributed by atoms with Gasteiger partial charge in [-0.15, -0.1) is 10.2 Å². The molecule has 0 radical (unpaired) electrons. The first-order valence-corrected chi connectivity index (χ1v) is 16.9. The molecule has 0 bridgehead atoms. The molecule has 1 heterocycles. The van der Waals surface area contributed by atoms with E-state index in [1.807, 2.05) is 54.6 Å². The molecular formula is C40H43FN2O5. The average molecular weight is 651 g/mol. The zero-order valence-corrected chi connectivity index (χ0v) is 27.5. The molecule has 8 heteroatoms. The number of hydrogen-bond donors (Lipinski definition) is 0. The molecular weight excluding hydrogens is 607 g/mol. The molecule has 0 spiro atoms. The van der Waals surface area contributed by atoms with Crippen LogP contribution in [-0.2, 0) is 6.61 Å². The monoisotopic (exact) mass is 650 g/mol. The fourth-order valence-corrected chi connectivity index (χ4v) is 5.25. The van der Waals surface area contributed by atoms with Crippen LogP contribution in [-0.4, -0.2) is 22.8 Å². The number of nitrogens with zero attached hydrogens (tertiary/aromatic N) is 2. The molecule has 0 N–H and O–H groups in total. The Morgan fingerprint density at radius 1 is 0.646 bits per heavy atom. The highest BCUT2D eigenvalue weighted by molar-refractivity contribution is 5.91. The minimum atomic E-state index is -0.794. The third kappa shape index (κ3) is 10.5. The van der Waals surface area contributed by atoms with Crippen LogP contribution in [0.5, 0.6) is 17.2 Å². The van der Waals surface area contributed by atoms with Crippen molar-refractivity contribution in [3.63, 3.8) is 0 Å². The lowest BCUT2D eigenvalue weighted by Gasteiger charge is -2.09. The van der Waals surface area contributed by atoms with Crippen molar-refractivity contribution in [2.45, 2.75) is 77.7 Å². The van der Waals surface area contributed by atoms with E-state index in [1.165, 1.54) is 63.5 Å². The first-order chi connectivity index (χ1) is 23.6. The van der Waals surface area contributed by atoms with Gasteiger partial charge in [0.2, 0.25) is 11.8 Å². The fourth-order valence-electron chi connectivity index (χ4n) is 5.25. The Morgan fingerprint density at radius 2 is 1.21 bits per heavy atom. The van der Waals surface area contributed by atoms with Crippen molar-refractivity contribution in [2.24, 2.45) is 0 Å². The number of hydrogen-bond acceptors (Lipinski definition) is 7. The van der Waals surface area contributed by atoms with Gasteiger partial charge in [0, 0.05) is 17.2 Å². The molecule has 0 aliphatic heterocycles. The first kappa shape index (κ1) is 34.4. The van der Waals surface area contributed by atoms with E-state index in [0.29, 0.717) is 36.3 Å². The maximum atomic E-state index is 14.8. The van der Waals surface area contributed by atoms with E-state index in [4.69, 9.17) is 18.6 Å². The fraction of sp³-hybridized carbons (Fsp3) is 0.325. The molecule has 0 saturated heterocycles. The van der Waals surface area contributed by atoms with Crippen LogP contribution in [0.15, 0.2) is 101 Å². The maximum absolute atomic E-state index is 14.8. The molecule has 7 nitrogen and oxygen atoms in total. The Balaban J connectivity index is 1.05. The number of carbonyl (C=O) groups excluding carboxylic acids is 1. The third-order valence-electron chi connectivity index (χ3n) is 8.01. The average Bonchev–Trinajstić information content (AvgIpc) is 3.61. The second kappa shape index (κ2) is 18.4. The van der Waals surface area contributed by atoms with Crippen molar-refractivity contribution in [1.82, 2.24) is 10.2 Å². The second-order valence-corrected chi connectivity index (χ2v) is 11.8. The molecule has 4 aromatic carbocycles. The lowest BCUT2D eigenvalue weighted by Crippen LogP contribution is -2.11. The van der Waals surface area contributed by atoms with E-state index < -0.39 is 11.8 Å². The predicted octanol–water partition coefficient (Wildman–Crippen LogP) is 10.6. The highest BCUT2D eigenvalue weighted by Gasteiger charge is 2.16. The molecule has 48 heavy (non-hydrogen) atoms. The number of ether oxygens (including phenoxy) is 3. The summed E-state index contributed by atoms with van der Waals surface area (Å²) in [5.74, 6) is 0.583. The van der Waals surface area contributed by atoms with E-state index in [9.17, 15) is 9.18 Å².